The fourth-order valence-corrected chi connectivity index (χ4v) is 3.20. The van der Waals surface area contributed by atoms with E-state index in [2.05, 4.69) is 18.7 Å². The van der Waals surface area contributed by atoms with Gasteiger partial charge in [-0.05, 0) is 32.3 Å². The maximum Gasteiger partial charge on any atom is 0.128 e. The van der Waals surface area contributed by atoms with Crippen LogP contribution in [0.2, 0.25) is 0 Å². The first-order valence-corrected chi connectivity index (χ1v) is 6.76. The molecule has 3 heteroatoms. The van der Waals surface area contributed by atoms with Crippen molar-refractivity contribution in [2.75, 3.05) is 6.54 Å². The van der Waals surface area contributed by atoms with Crippen molar-refractivity contribution in [3.8, 4) is 0 Å². The molecule has 0 aliphatic carbocycles. The molecule has 4 atom stereocenters. The SMILES string of the molecule is CC1CC(C)N(C(c2ccccc2F)C(C)N)C1. The molecule has 1 heterocycles. The summed E-state index contributed by atoms with van der Waals surface area (Å²) in [5.41, 5.74) is 6.85. The fourth-order valence-electron chi connectivity index (χ4n) is 3.20. The van der Waals surface area contributed by atoms with Gasteiger partial charge in [-0.1, -0.05) is 25.1 Å². The second-order valence-corrected chi connectivity index (χ2v) is 5.71. The Kier molecular flexibility index (Phi) is 4.03. The molecule has 2 rings (SSSR count). The van der Waals surface area contributed by atoms with Gasteiger partial charge in [0.25, 0.3) is 0 Å². The third-order valence-corrected chi connectivity index (χ3v) is 3.91. The van der Waals surface area contributed by atoms with Crippen molar-refractivity contribution < 1.29 is 4.39 Å². The molecule has 0 aromatic heterocycles. The zero-order valence-electron chi connectivity index (χ0n) is 11.4. The highest BCUT2D eigenvalue weighted by Crippen LogP contribution is 2.34. The zero-order chi connectivity index (χ0) is 13.3. The summed E-state index contributed by atoms with van der Waals surface area (Å²) in [7, 11) is 0. The average molecular weight is 250 g/mol. The van der Waals surface area contributed by atoms with E-state index < -0.39 is 0 Å². The van der Waals surface area contributed by atoms with E-state index in [1.165, 1.54) is 6.07 Å². The van der Waals surface area contributed by atoms with Crippen LogP contribution in [-0.2, 0) is 0 Å². The van der Waals surface area contributed by atoms with Gasteiger partial charge in [-0.25, -0.2) is 4.39 Å². The van der Waals surface area contributed by atoms with Crippen LogP contribution in [0.15, 0.2) is 24.3 Å². The summed E-state index contributed by atoms with van der Waals surface area (Å²) >= 11 is 0. The summed E-state index contributed by atoms with van der Waals surface area (Å²) in [5.74, 6) is 0.513. The standard InChI is InChI=1S/C15H23FN2/c1-10-8-11(2)18(9-10)15(12(3)17)13-6-4-5-7-14(13)16/h4-7,10-12,15H,8-9,17H2,1-3H3. The Morgan fingerprint density at radius 3 is 2.50 bits per heavy atom. The number of nitrogens with zero attached hydrogens (tertiary/aromatic N) is 1. The van der Waals surface area contributed by atoms with Gasteiger partial charge in [0.2, 0.25) is 0 Å². The van der Waals surface area contributed by atoms with Crippen LogP contribution in [0.5, 0.6) is 0 Å². The number of halogens is 1. The second-order valence-electron chi connectivity index (χ2n) is 5.71. The van der Waals surface area contributed by atoms with Gasteiger partial charge in [-0.2, -0.15) is 0 Å². The van der Waals surface area contributed by atoms with E-state index in [1.807, 2.05) is 19.1 Å². The van der Waals surface area contributed by atoms with E-state index in [0.717, 1.165) is 18.5 Å². The number of likely N-dealkylation sites (tertiary alicyclic amines) is 1. The molecule has 1 aromatic rings. The van der Waals surface area contributed by atoms with Crippen LogP contribution in [0.3, 0.4) is 0 Å². The van der Waals surface area contributed by atoms with Gasteiger partial charge in [0.1, 0.15) is 5.82 Å². The molecule has 1 aliphatic rings. The first-order valence-electron chi connectivity index (χ1n) is 6.76. The molecule has 4 unspecified atom stereocenters. The monoisotopic (exact) mass is 250 g/mol. The van der Waals surface area contributed by atoms with Crippen LogP contribution in [0.4, 0.5) is 4.39 Å². The number of nitrogens with two attached hydrogens (primary N) is 1. The molecule has 2 N–H and O–H groups in total. The minimum Gasteiger partial charge on any atom is -0.326 e. The Labute approximate surface area is 109 Å². The lowest BCUT2D eigenvalue weighted by atomic mass is 9.98. The smallest absolute Gasteiger partial charge is 0.128 e. The quantitative estimate of drug-likeness (QED) is 0.893. The first kappa shape index (κ1) is 13.5. The molecule has 0 bridgehead atoms. The molecule has 1 fully saturated rings. The maximum atomic E-state index is 14.0. The molecule has 0 radical (unpaired) electrons. The normalized spacial score (nSPS) is 28.3. The molecule has 1 saturated heterocycles. The van der Waals surface area contributed by atoms with E-state index in [-0.39, 0.29) is 17.9 Å². The molecule has 0 spiro atoms. The Morgan fingerprint density at radius 1 is 1.33 bits per heavy atom. The van der Waals surface area contributed by atoms with Gasteiger partial charge < -0.3 is 5.73 Å². The van der Waals surface area contributed by atoms with Gasteiger partial charge in [0.05, 0.1) is 6.04 Å². The molecule has 2 nitrogen and oxygen atoms in total. The minimum atomic E-state index is -0.147. The maximum absolute atomic E-state index is 14.0. The molecule has 1 aromatic carbocycles. The van der Waals surface area contributed by atoms with Crippen LogP contribution in [-0.4, -0.2) is 23.5 Å². The van der Waals surface area contributed by atoms with E-state index >= 15 is 0 Å². The number of hydrogen-bond acceptors (Lipinski definition) is 2. The van der Waals surface area contributed by atoms with Crippen molar-refractivity contribution in [3.05, 3.63) is 35.6 Å². The minimum absolute atomic E-state index is 0.0221. The summed E-state index contributed by atoms with van der Waals surface area (Å²) < 4.78 is 14.0. The molecule has 1 aliphatic heterocycles. The van der Waals surface area contributed by atoms with Crippen molar-refractivity contribution in [2.24, 2.45) is 11.7 Å². The van der Waals surface area contributed by atoms with E-state index in [0.29, 0.717) is 12.0 Å². The fraction of sp³-hybridized carbons (Fsp3) is 0.600. The molecule has 0 saturated carbocycles. The summed E-state index contributed by atoms with van der Waals surface area (Å²) in [5, 5.41) is 0. The van der Waals surface area contributed by atoms with Crippen LogP contribution in [0, 0.1) is 11.7 Å². The average Bonchev–Trinajstić information content (AvgIpc) is 2.61. The Bertz CT molecular complexity index is 405. The van der Waals surface area contributed by atoms with Crippen LogP contribution >= 0.6 is 0 Å². The van der Waals surface area contributed by atoms with Gasteiger partial charge in [0.15, 0.2) is 0 Å². The molecule has 100 valence electrons. The predicted molar refractivity (Wildman–Crippen MR) is 72.7 cm³/mol. The van der Waals surface area contributed by atoms with Crippen LogP contribution in [0.1, 0.15) is 38.8 Å². The third-order valence-electron chi connectivity index (χ3n) is 3.91. The van der Waals surface area contributed by atoms with Crippen molar-refractivity contribution in [2.45, 2.75) is 45.3 Å². The Morgan fingerprint density at radius 2 is 2.00 bits per heavy atom. The van der Waals surface area contributed by atoms with E-state index in [4.69, 9.17) is 5.73 Å². The third kappa shape index (κ3) is 2.57. The second kappa shape index (κ2) is 5.37. The highest BCUT2D eigenvalue weighted by Gasteiger charge is 2.35. The first-order chi connectivity index (χ1) is 8.50. The van der Waals surface area contributed by atoms with E-state index in [1.54, 1.807) is 6.07 Å². The zero-order valence-corrected chi connectivity index (χ0v) is 11.4. The van der Waals surface area contributed by atoms with Crippen molar-refractivity contribution in [1.29, 1.82) is 0 Å². The number of hydrogen-bond donors (Lipinski definition) is 1. The summed E-state index contributed by atoms with van der Waals surface area (Å²) in [6.07, 6.45) is 1.16. The lowest BCUT2D eigenvalue weighted by Gasteiger charge is -2.34. The summed E-state index contributed by atoms with van der Waals surface area (Å²) in [6, 6.07) is 7.37. The number of rotatable bonds is 3. The highest BCUT2D eigenvalue weighted by molar-refractivity contribution is 5.23. The summed E-state index contributed by atoms with van der Waals surface area (Å²) in [6.45, 7) is 7.42. The van der Waals surface area contributed by atoms with Crippen molar-refractivity contribution in [1.82, 2.24) is 4.90 Å². The number of benzene rings is 1. The lowest BCUT2D eigenvalue weighted by Crippen LogP contribution is -2.41. The highest BCUT2D eigenvalue weighted by atomic mass is 19.1. The molecular formula is C15H23FN2. The van der Waals surface area contributed by atoms with Gasteiger partial charge in [0, 0.05) is 24.2 Å². The van der Waals surface area contributed by atoms with Gasteiger partial charge in [-0.3, -0.25) is 4.90 Å². The molecule has 18 heavy (non-hydrogen) atoms. The molecular weight excluding hydrogens is 227 g/mol. The summed E-state index contributed by atoms with van der Waals surface area (Å²) in [4.78, 5) is 2.35. The van der Waals surface area contributed by atoms with Crippen molar-refractivity contribution >= 4 is 0 Å². The predicted octanol–water partition coefficient (Wildman–Crippen LogP) is 2.94. The Balaban J connectivity index is 2.32. The lowest BCUT2D eigenvalue weighted by molar-refractivity contribution is 0.164. The Hall–Kier alpha value is -0.930. The van der Waals surface area contributed by atoms with Crippen molar-refractivity contribution in [3.63, 3.8) is 0 Å². The van der Waals surface area contributed by atoms with E-state index in [9.17, 15) is 4.39 Å². The largest absolute Gasteiger partial charge is 0.326 e. The van der Waals surface area contributed by atoms with Crippen LogP contribution < -0.4 is 5.73 Å². The molecule has 0 amide bonds. The van der Waals surface area contributed by atoms with Gasteiger partial charge in [-0.15, -0.1) is 0 Å². The van der Waals surface area contributed by atoms with Crippen LogP contribution in [0.25, 0.3) is 0 Å². The van der Waals surface area contributed by atoms with Gasteiger partial charge >= 0.3 is 0 Å². The topological polar surface area (TPSA) is 29.3 Å².